The van der Waals surface area contributed by atoms with E-state index in [1.165, 1.54) is 11.8 Å². The van der Waals surface area contributed by atoms with Gasteiger partial charge in [0.1, 0.15) is 5.69 Å². The van der Waals surface area contributed by atoms with Crippen LogP contribution in [-0.2, 0) is 0 Å². The lowest BCUT2D eigenvalue weighted by Crippen LogP contribution is -2.02. The molecule has 2 rings (SSSR count). The Bertz CT molecular complexity index is 629. The van der Waals surface area contributed by atoms with Gasteiger partial charge in [-0.15, -0.1) is 0 Å². The van der Waals surface area contributed by atoms with Crippen LogP contribution in [-0.4, -0.2) is 11.5 Å². The summed E-state index contributed by atoms with van der Waals surface area (Å²) in [7, 11) is 0. The monoisotopic (exact) mass is 288 g/mol. The zero-order valence-electron chi connectivity index (χ0n) is 11.4. The standard InChI is InChI=1S/C15H16N2O2S/c1-3-16-12-8-6-10-14(15(12)17(18)19)20-13-9-5-4-7-11(13)2/h4-10,16H,3H2,1-2H3. The SMILES string of the molecule is CCNc1cccc(Sc2ccccc2C)c1[N+](=O)[O-]. The summed E-state index contributed by atoms with van der Waals surface area (Å²) in [5.41, 5.74) is 1.82. The highest BCUT2D eigenvalue weighted by molar-refractivity contribution is 7.99. The van der Waals surface area contributed by atoms with Crippen LogP contribution in [0.5, 0.6) is 0 Å². The fourth-order valence-electron chi connectivity index (χ4n) is 1.92. The van der Waals surface area contributed by atoms with Crippen LogP contribution in [0.2, 0.25) is 0 Å². The van der Waals surface area contributed by atoms with Crippen LogP contribution in [0.25, 0.3) is 0 Å². The van der Waals surface area contributed by atoms with Crippen LogP contribution in [0, 0.1) is 17.0 Å². The Morgan fingerprint density at radius 3 is 2.50 bits per heavy atom. The van der Waals surface area contributed by atoms with Gasteiger partial charge in [-0.1, -0.05) is 36.0 Å². The molecule has 4 nitrogen and oxygen atoms in total. The van der Waals surface area contributed by atoms with Crippen LogP contribution < -0.4 is 5.32 Å². The smallest absolute Gasteiger partial charge is 0.306 e. The summed E-state index contributed by atoms with van der Waals surface area (Å²) in [6.07, 6.45) is 0. The van der Waals surface area contributed by atoms with E-state index >= 15 is 0 Å². The normalized spacial score (nSPS) is 10.3. The second-order valence-corrected chi connectivity index (χ2v) is 5.39. The summed E-state index contributed by atoms with van der Waals surface area (Å²) in [5, 5.41) is 14.4. The quantitative estimate of drug-likeness (QED) is 0.650. The molecule has 2 aromatic rings. The third-order valence-electron chi connectivity index (χ3n) is 2.86. The Kier molecular flexibility index (Phi) is 4.63. The van der Waals surface area contributed by atoms with E-state index in [-0.39, 0.29) is 10.6 Å². The van der Waals surface area contributed by atoms with Gasteiger partial charge in [0.05, 0.1) is 9.82 Å². The number of anilines is 1. The molecule has 0 radical (unpaired) electrons. The minimum atomic E-state index is -0.321. The van der Waals surface area contributed by atoms with E-state index in [0.29, 0.717) is 17.1 Å². The molecule has 0 aliphatic heterocycles. The maximum Gasteiger partial charge on any atom is 0.306 e. The highest BCUT2D eigenvalue weighted by atomic mass is 32.2. The Morgan fingerprint density at radius 1 is 1.15 bits per heavy atom. The average Bonchev–Trinajstić information content (AvgIpc) is 2.41. The van der Waals surface area contributed by atoms with Gasteiger partial charge in [0.15, 0.2) is 0 Å². The first-order valence-corrected chi connectivity index (χ1v) is 7.20. The van der Waals surface area contributed by atoms with Crippen molar-refractivity contribution in [3.05, 3.63) is 58.1 Å². The van der Waals surface area contributed by atoms with Crippen LogP contribution in [0.1, 0.15) is 12.5 Å². The molecule has 0 bridgehead atoms. The Morgan fingerprint density at radius 2 is 1.85 bits per heavy atom. The zero-order chi connectivity index (χ0) is 14.5. The van der Waals surface area contributed by atoms with Gasteiger partial charge in [-0.25, -0.2) is 0 Å². The lowest BCUT2D eigenvalue weighted by Gasteiger charge is -2.09. The van der Waals surface area contributed by atoms with E-state index < -0.39 is 0 Å². The van der Waals surface area contributed by atoms with Crippen molar-refractivity contribution in [1.29, 1.82) is 0 Å². The lowest BCUT2D eigenvalue weighted by atomic mass is 10.2. The molecule has 0 unspecified atom stereocenters. The molecule has 20 heavy (non-hydrogen) atoms. The molecule has 0 aliphatic carbocycles. The predicted molar refractivity (Wildman–Crippen MR) is 82.6 cm³/mol. The van der Waals surface area contributed by atoms with E-state index in [0.717, 1.165) is 10.5 Å². The number of hydrogen-bond donors (Lipinski definition) is 1. The molecular weight excluding hydrogens is 272 g/mol. The largest absolute Gasteiger partial charge is 0.380 e. The number of rotatable bonds is 5. The van der Waals surface area contributed by atoms with Crippen LogP contribution in [0.4, 0.5) is 11.4 Å². The summed E-state index contributed by atoms with van der Waals surface area (Å²) in [4.78, 5) is 12.7. The van der Waals surface area contributed by atoms with Crippen LogP contribution in [0.15, 0.2) is 52.3 Å². The Labute approximate surface area is 122 Å². The number of nitro benzene ring substituents is 1. The van der Waals surface area contributed by atoms with Gasteiger partial charge in [0.25, 0.3) is 0 Å². The van der Waals surface area contributed by atoms with Gasteiger partial charge in [-0.3, -0.25) is 10.1 Å². The minimum absolute atomic E-state index is 0.141. The molecule has 0 spiro atoms. The first-order chi connectivity index (χ1) is 9.63. The summed E-state index contributed by atoms with van der Waals surface area (Å²) in [5.74, 6) is 0. The maximum absolute atomic E-state index is 11.3. The fourth-order valence-corrected chi connectivity index (χ4v) is 2.96. The van der Waals surface area contributed by atoms with Crippen molar-refractivity contribution >= 4 is 23.1 Å². The van der Waals surface area contributed by atoms with E-state index in [9.17, 15) is 10.1 Å². The zero-order valence-corrected chi connectivity index (χ0v) is 12.2. The van der Waals surface area contributed by atoms with E-state index in [1.807, 2.05) is 44.2 Å². The molecule has 0 aliphatic rings. The van der Waals surface area contributed by atoms with Gasteiger partial charge in [-0.05, 0) is 37.6 Å². The minimum Gasteiger partial charge on any atom is -0.380 e. The van der Waals surface area contributed by atoms with Gasteiger partial charge in [0, 0.05) is 11.4 Å². The van der Waals surface area contributed by atoms with E-state index in [4.69, 9.17) is 0 Å². The second kappa shape index (κ2) is 6.43. The number of nitro groups is 1. The fraction of sp³-hybridized carbons (Fsp3) is 0.200. The topological polar surface area (TPSA) is 55.2 Å². The summed E-state index contributed by atoms with van der Waals surface area (Å²) in [6, 6.07) is 13.2. The number of benzene rings is 2. The molecule has 0 heterocycles. The first kappa shape index (κ1) is 14.4. The van der Waals surface area contributed by atoms with Crippen molar-refractivity contribution < 1.29 is 4.92 Å². The molecule has 1 N–H and O–H groups in total. The molecule has 0 saturated carbocycles. The highest BCUT2D eigenvalue weighted by Gasteiger charge is 2.20. The summed E-state index contributed by atoms with van der Waals surface area (Å²) < 4.78 is 0. The van der Waals surface area contributed by atoms with Crippen molar-refractivity contribution in [1.82, 2.24) is 0 Å². The van der Waals surface area contributed by atoms with Gasteiger partial charge >= 0.3 is 5.69 Å². The van der Waals surface area contributed by atoms with E-state index in [2.05, 4.69) is 5.32 Å². The molecule has 0 aromatic heterocycles. The van der Waals surface area contributed by atoms with Crippen molar-refractivity contribution in [2.75, 3.05) is 11.9 Å². The summed E-state index contributed by atoms with van der Waals surface area (Å²) in [6.45, 7) is 4.58. The summed E-state index contributed by atoms with van der Waals surface area (Å²) >= 11 is 1.43. The van der Waals surface area contributed by atoms with Gasteiger partial charge in [-0.2, -0.15) is 0 Å². The molecule has 0 fully saturated rings. The number of hydrogen-bond acceptors (Lipinski definition) is 4. The third-order valence-corrected chi connectivity index (χ3v) is 4.09. The Balaban J connectivity index is 2.44. The molecule has 0 amide bonds. The van der Waals surface area contributed by atoms with Crippen molar-refractivity contribution in [3.63, 3.8) is 0 Å². The molecule has 0 atom stereocenters. The first-order valence-electron chi connectivity index (χ1n) is 6.38. The van der Waals surface area contributed by atoms with Gasteiger partial charge < -0.3 is 5.32 Å². The number of nitrogens with one attached hydrogen (secondary N) is 1. The average molecular weight is 288 g/mol. The predicted octanol–water partition coefficient (Wildman–Crippen LogP) is 4.49. The Hall–Kier alpha value is -2.01. The molecule has 104 valence electrons. The highest BCUT2D eigenvalue weighted by Crippen LogP contribution is 2.40. The van der Waals surface area contributed by atoms with Crippen LogP contribution in [0.3, 0.4) is 0 Å². The van der Waals surface area contributed by atoms with Crippen LogP contribution >= 0.6 is 11.8 Å². The van der Waals surface area contributed by atoms with Crippen molar-refractivity contribution in [3.8, 4) is 0 Å². The van der Waals surface area contributed by atoms with Crippen molar-refractivity contribution in [2.45, 2.75) is 23.6 Å². The molecule has 5 heteroatoms. The maximum atomic E-state index is 11.3. The number of aryl methyl sites for hydroxylation is 1. The number of para-hydroxylation sites is 1. The lowest BCUT2D eigenvalue weighted by molar-refractivity contribution is -0.386. The number of nitrogens with zero attached hydrogens (tertiary/aromatic N) is 1. The van der Waals surface area contributed by atoms with E-state index in [1.54, 1.807) is 12.1 Å². The molecular formula is C15H16N2O2S. The second-order valence-electron chi connectivity index (χ2n) is 4.31. The van der Waals surface area contributed by atoms with Gasteiger partial charge in [0.2, 0.25) is 0 Å². The van der Waals surface area contributed by atoms with Crippen molar-refractivity contribution in [2.24, 2.45) is 0 Å². The molecule has 0 saturated heterocycles. The third kappa shape index (κ3) is 3.11. The molecule has 2 aromatic carbocycles.